The predicted octanol–water partition coefficient (Wildman–Crippen LogP) is 4.24. The van der Waals surface area contributed by atoms with Crippen LogP contribution in [0.4, 0.5) is 0 Å². The standard InChI is InChI=1S/C18H24O/c1-12-3-2-4-16(5-12)17(19)18-9-13-6-14(10-18)8-15(7-13)11-18/h2-5,13-15,17,19H,6-11H2,1H3. The van der Waals surface area contributed by atoms with Gasteiger partial charge in [-0.15, -0.1) is 0 Å². The van der Waals surface area contributed by atoms with E-state index in [4.69, 9.17) is 0 Å². The Bertz CT molecular complexity index is 455. The number of hydrogen-bond acceptors (Lipinski definition) is 1. The van der Waals surface area contributed by atoms with Crippen molar-refractivity contribution in [3.8, 4) is 0 Å². The van der Waals surface area contributed by atoms with Gasteiger partial charge in [-0.2, -0.15) is 0 Å². The lowest BCUT2D eigenvalue weighted by atomic mass is 9.47. The molecule has 4 saturated carbocycles. The SMILES string of the molecule is Cc1cccc(C(O)C23CC4CC(CC(C4)C2)C3)c1. The minimum absolute atomic E-state index is 0.211. The minimum atomic E-state index is -0.235. The molecule has 1 heteroatoms. The number of hydrogen-bond donors (Lipinski definition) is 1. The highest BCUT2D eigenvalue weighted by Gasteiger charge is 2.54. The van der Waals surface area contributed by atoms with Crippen LogP contribution >= 0.6 is 0 Å². The smallest absolute Gasteiger partial charge is 0.0846 e. The maximum atomic E-state index is 11.0. The van der Waals surface area contributed by atoms with Crippen molar-refractivity contribution >= 4 is 0 Å². The number of aliphatic hydroxyl groups is 1. The van der Waals surface area contributed by atoms with Gasteiger partial charge in [-0.25, -0.2) is 0 Å². The van der Waals surface area contributed by atoms with Crippen LogP contribution in [0.1, 0.15) is 55.8 Å². The van der Waals surface area contributed by atoms with E-state index < -0.39 is 0 Å². The summed E-state index contributed by atoms with van der Waals surface area (Å²) in [6.07, 6.45) is 7.91. The Morgan fingerprint density at radius 3 is 2.16 bits per heavy atom. The van der Waals surface area contributed by atoms with Crippen molar-refractivity contribution in [3.63, 3.8) is 0 Å². The first-order valence-corrected chi connectivity index (χ1v) is 7.89. The van der Waals surface area contributed by atoms with Crippen LogP contribution in [0.5, 0.6) is 0 Å². The summed E-state index contributed by atoms with van der Waals surface area (Å²) in [7, 11) is 0. The zero-order valence-electron chi connectivity index (χ0n) is 11.8. The first kappa shape index (κ1) is 12.0. The molecule has 4 bridgehead atoms. The Morgan fingerprint density at radius 1 is 1.05 bits per heavy atom. The summed E-state index contributed by atoms with van der Waals surface area (Å²) >= 11 is 0. The average molecular weight is 256 g/mol. The molecule has 4 aliphatic carbocycles. The van der Waals surface area contributed by atoms with E-state index in [0.717, 1.165) is 23.3 Å². The molecule has 0 heterocycles. The summed E-state index contributed by atoms with van der Waals surface area (Å²) in [5.74, 6) is 2.72. The largest absolute Gasteiger partial charge is 0.388 e. The van der Waals surface area contributed by atoms with Crippen LogP contribution in [0.25, 0.3) is 0 Å². The van der Waals surface area contributed by atoms with Crippen LogP contribution < -0.4 is 0 Å². The molecule has 0 aliphatic heterocycles. The van der Waals surface area contributed by atoms with Gasteiger partial charge >= 0.3 is 0 Å². The normalized spacial score (nSPS) is 41.5. The summed E-state index contributed by atoms with van der Waals surface area (Å²) in [5.41, 5.74) is 2.63. The number of benzene rings is 1. The Kier molecular flexibility index (Phi) is 2.57. The first-order valence-electron chi connectivity index (χ1n) is 7.89. The Labute approximate surface area is 116 Å². The Hall–Kier alpha value is -0.820. The van der Waals surface area contributed by atoms with Crippen LogP contribution in [0.2, 0.25) is 0 Å². The van der Waals surface area contributed by atoms with Gasteiger partial charge in [-0.3, -0.25) is 0 Å². The third-order valence-electron chi connectivity index (χ3n) is 6.02. The van der Waals surface area contributed by atoms with E-state index in [1.807, 2.05) is 0 Å². The molecule has 0 aromatic heterocycles. The summed E-state index contributed by atoms with van der Waals surface area (Å²) < 4.78 is 0. The van der Waals surface area contributed by atoms with Gasteiger partial charge in [0.1, 0.15) is 0 Å². The minimum Gasteiger partial charge on any atom is -0.388 e. The van der Waals surface area contributed by atoms with Crippen molar-refractivity contribution in [1.29, 1.82) is 0 Å². The lowest BCUT2D eigenvalue weighted by Crippen LogP contribution is -2.48. The maximum Gasteiger partial charge on any atom is 0.0846 e. The van der Waals surface area contributed by atoms with E-state index in [0.29, 0.717) is 0 Å². The van der Waals surface area contributed by atoms with Gasteiger partial charge in [-0.1, -0.05) is 29.8 Å². The monoisotopic (exact) mass is 256 g/mol. The second-order valence-corrected chi connectivity index (χ2v) is 7.60. The van der Waals surface area contributed by atoms with Gasteiger partial charge in [0.15, 0.2) is 0 Å². The average Bonchev–Trinajstić information content (AvgIpc) is 2.36. The molecule has 1 nitrogen and oxygen atoms in total. The van der Waals surface area contributed by atoms with E-state index in [-0.39, 0.29) is 11.5 Å². The second-order valence-electron chi connectivity index (χ2n) is 7.60. The lowest BCUT2D eigenvalue weighted by Gasteiger charge is -2.58. The quantitative estimate of drug-likeness (QED) is 0.839. The molecule has 4 fully saturated rings. The third kappa shape index (κ3) is 1.86. The van der Waals surface area contributed by atoms with E-state index >= 15 is 0 Å². The van der Waals surface area contributed by atoms with Crippen molar-refractivity contribution in [2.24, 2.45) is 23.2 Å². The topological polar surface area (TPSA) is 20.2 Å². The fourth-order valence-corrected chi connectivity index (χ4v) is 5.71. The summed E-state index contributed by atoms with van der Waals surface area (Å²) in [5, 5.41) is 11.0. The fraction of sp³-hybridized carbons (Fsp3) is 0.667. The van der Waals surface area contributed by atoms with Gasteiger partial charge in [0, 0.05) is 5.41 Å². The molecule has 0 radical (unpaired) electrons. The molecule has 102 valence electrons. The van der Waals surface area contributed by atoms with Crippen molar-refractivity contribution < 1.29 is 5.11 Å². The molecule has 0 saturated heterocycles. The molecule has 19 heavy (non-hydrogen) atoms. The van der Waals surface area contributed by atoms with Crippen molar-refractivity contribution in [2.75, 3.05) is 0 Å². The molecule has 1 unspecified atom stereocenters. The Morgan fingerprint density at radius 2 is 1.63 bits per heavy atom. The number of rotatable bonds is 2. The summed E-state index contributed by atoms with van der Waals surface area (Å²) in [6.45, 7) is 2.12. The third-order valence-corrected chi connectivity index (χ3v) is 6.02. The van der Waals surface area contributed by atoms with E-state index in [2.05, 4.69) is 31.2 Å². The van der Waals surface area contributed by atoms with Crippen LogP contribution in [-0.4, -0.2) is 5.11 Å². The number of aliphatic hydroxyl groups excluding tert-OH is 1. The van der Waals surface area contributed by atoms with E-state index in [1.165, 1.54) is 44.1 Å². The molecule has 0 amide bonds. The van der Waals surface area contributed by atoms with Gasteiger partial charge in [0.25, 0.3) is 0 Å². The summed E-state index contributed by atoms with van der Waals surface area (Å²) in [4.78, 5) is 0. The Balaban J connectivity index is 1.68. The van der Waals surface area contributed by atoms with Gasteiger partial charge in [-0.05, 0) is 68.8 Å². The molecular weight excluding hydrogens is 232 g/mol. The molecule has 1 N–H and O–H groups in total. The van der Waals surface area contributed by atoms with Gasteiger partial charge < -0.3 is 5.11 Å². The maximum absolute atomic E-state index is 11.0. The molecule has 1 atom stereocenters. The van der Waals surface area contributed by atoms with E-state index in [9.17, 15) is 5.11 Å². The van der Waals surface area contributed by atoms with Crippen molar-refractivity contribution in [1.82, 2.24) is 0 Å². The lowest BCUT2D eigenvalue weighted by molar-refractivity contribution is -0.122. The molecule has 0 spiro atoms. The highest BCUT2D eigenvalue weighted by molar-refractivity contribution is 5.26. The van der Waals surface area contributed by atoms with Gasteiger partial charge in [0.05, 0.1) is 6.10 Å². The highest BCUT2D eigenvalue weighted by atomic mass is 16.3. The van der Waals surface area contributed by atoms with Crippen LogP contribution in [-0.2, 0) is 0 Å². The van der Waals surface area contributed by atoms with E-state index in [1.54, 1.807) is 0 Å². The zero-order valence-corrected chi connectivity index (χ0v) is 11.8. The van der Waals surface area contributed by atoms with Crippen molar-refractivity contribution in [3.05, 3.63) is 35.4 Å². The molecule has 1 aromatic carbocycles. The van der Waals surface area contributed by atoms with Crippen LogP contribution in [0.3, 0.4) is 0 Å². The predicted molar refractivity (Wildman–Crippen MR) is 76.7 cm³/mol. The first-order chi connectivity index (χ1) is 9.14. The zero-order chi connectivity index (χ0) is 13.0. The van der Waals surface area contributed by atoms with Crippen molar-refractivity contribution in [2.45, 2.75) is 51.6 Å². The van der Waals surface area contributed by atoms with Crippen LogP contribution in [0.15, 0.2) is 24.3 Å². The summed E-state index contributed by atoms with van der Waals surface area (Å²) in [6, 6.07) is 8.52. The van der Waals surface area contributed by atoms with Gasteiger partial charge in [0.2, 0.25) is 0 Å². The second kappa shape index (κ2) is 4.09. The molecule has 5 rings (SSSR count). The molecule has 1 aromatic rings. The fourth-order valence-electron chi connectivity index (χ4n) is 5.71. The highest BCUT2D eigenvalue weighted by Crippen LogP contribution is 2.63. The molecular formula is C18H24O. The molecule has 4 aliphatic rings. The van der Waals surface area contributed by atoms with Crippen LogP contribution in [0, 0.1) is 30.1 Å². The number of aryl methyl sites for hydroxylation is 1.